The van der Waals surface area contributed by atoms with Crippen LogP contribution in [0.2, 0.25) is 0 Å². The van der Waals surface area contributed by atoms with E-state index in [1.54, 1.807) is 14.2 Å². The van der Waals surface area contributed by atoms with Gasteiger partial charge in [0.25, 0.3) is 0 Å². The smallest absolute Gasteiger partial charge is 0.0933 e. The molecule has 1 unspecified atom stereocenters. The Labute approximate surface area is 122 Å². The van der Waals surface area contributed by atoms with Gasteiger partial charge in [0.15, 0.2) is 0 Å². The maximum atomic E-state index is 5.73. The Morgan fingerprint density at radius 1 is 0.900 bits per heavy atom. The van der Waals surface area contributed by atoms with Gasteiger partial charge in [-0.2, -0.15) is 0 Å². The second kappa shape index (κ2) is 12.5. The normalized spacial score (nSPS) is 16.5. The summed E-state index contributed by atoms with van der Waals surface area (Å²) in [6.45, 7) is 5.03. The highest BCUT2D eigenvalue weighted by Crippen LogP contribution is 2.18. The molecule has 1 saturated carbocycles. The average Bonchev–Trinajstić information content (AvgIpc) is 3.27. The Hall–Kier alpha value is -0.240. The van der Waals surface area contributed by atoms with Gasteiger partial charge in [-0.3, -0.25) is 0 Å². The summed E-state index contributed by atoms with van der Waals surface area (Å²) in [6.07, 6.45) is 2.67. The van der Waals surface area contributed by atoms with Crippen LogP contribution < -0.4 is 5.32 Å². The average molecular weight is 291 g/mol. The second-order valence-corrected chi connectivity index (χ2v) is 4.85. The fraction of sp³-hybridized carbons (Fsp3) is 1.00. The van der Waals surface area contributed by atoms with Crippen molar-refractivity contribution in [1.29, 1.82) is 0 Å². The highest BCUT2D eigenvalue weighted by molar-refractivity contribution is 4.82. The predicted molar refractivity (Wildman–Crippen MR) is 76.2 cm³/mol. The Morgan fingerprint density at radius 3 is 2.15 bits per heavy atom. The van der Waals surface area contributed by atoms with Crippen molar-refractivity contribution in [2.24, 2.45) is 0 Å². The van der Waals surface area contributed by atoms with Gasteiger partial charge in [0.2, 0.25) is 0 Å². The molecule has 0 bridgehead atoms. The van der Waals surface area contributed by atoms with Crippen LogP contribution >= 0.6 is 0 Å². The molecule has 1 aliphatic carbocycles. The van der Waals surface area contributed by atoms with E-state index < -0.39 is 0 Å². The highest BCUT2D eigenvalue weighted by Gasteiger charge is 2.22. The van der Waals surface area contributed by atoms with Crippen LogP contribution in [0.3, 0.4) is 0 Å². The molecule has 0 radical (unpaired) electrons. The Bertz CT molecular complexity index is 214. The van der Waals surface area contributed by atoms with Gasteiger partial charge in [0, 0.05) is 26.8 Å². The summed E-state index contributed by atoms with van der Waals surface area (Å²) in [7, 11) is 3.35. The van der Waals surface area contributed by atoms with Crippen molar-refractivity contribution in [3.8, 4) is 0 Å². The van der Waals surface area contributed by atoms with E-state index in [9.17, 15) is 0 Å². The first-order valence-corrected chi connectivity index (χ1v) is 7.35. The zero-order chi connectivity index (χ0) is 14.5. The number of hydrogen-bond acceptors (Lipinski definition) is 6. The number of methoxy groups -OCH3 is 2. The molecule has 6 nitrogen and oxygen atoms in total. The summed E-state index contributed by atoms with van der Waals surface area (Å²) in [5.41, 5.74) is 0. The first-order valence-electron chi connectivity index (χ1n) is 7.35. The summed E-state index contributed by atoms with van der Waals surface area (Å²) < 4.78 is 26.5. The second-order valence-electron chi connectivity index (χ2n) is 4.85. The molecule has 0 spiro atoms. The van der Waals surface area contributed by atoms with Gasteiger partial charge in [-0.05, 0) is 12.8 Å². The molecule has 6 heteroatoms. The van der Waals surface area contributed by atoms with Gasteiger partial charge in [0.1, 0.15) is 0 Å². The zero-order valence-electron chi connectivity index (χ0n) is 12.8. The van der Waals surface area contributed by atoms with Crippen LogP contribution in [0.25, 0.3) is 0 Å². The summed E-state index contributed by atoms with van der Waals surface area (Å²) >= 11 is 0. The third-order valence-corrected chi connectivity index (χ3v) is 2.95. The van der Waals surface area contributed by atoms with E-state index in [-0.39, 0.29) is 6.10 Å². The number of ether oxygens (including phenoxy) is 5. The molecule has 0 aromatic heterocycles. The fourth-order valence-corrected chi connectivity index (χ4v) is 1.68. The molecule has 120 valence electrons. The standard InChI is InChI=1S/C14H29NO5/c1-16-5-6-18-7-8-19-9-10-20-14(12-17-2)11-15-13-3-4-13/h13-15H,3-12H2,1-2H3. The first-order chi connectivity index (χ1) is 9.86. The number of nitrogens with one attached hydrogen (secondary N) is 1. The summed E-state index contributed by atoms with van der Waals surface area (Å²) in [5.74, 6) is 0. The van der Waals surface area contributed by atoms with Crippen molar-refractivity contribution in [2.75, 3.05) is 67.0 Å². The molecule has 1 N–H and O–H groups in total. The van der Waals surface area contributed by atoms with Gasteiger partial charge in [-0.25, -0.2) is 0 Å². The van der Waals surface area contributed by atoms with E-state index >= 15 is 0 Å². The van der Waals surface area contributed by atoms with Crippen molar-refractivity contribution >= 4 is 0 Å². The maximum absolute atomic E-state index is 5.73. The minimum absolute atomic E-state index is 0.0992. The van der Waals surface area contributed by atoms with Crippen molar-refractivity contribution in [3.05, 3.63) is 0 Å². The molecule has 1 aliphatic rings. The first kappa shape index (κ1) is 17.8. The fourth-order valence-electron chi connectivity index (χ4n) is 1.68. The molecule has 1 atom stereocenters. The van der Waals surface area contributed by atoms with Gasteiger partial charge in [0.05, 0.1) is 52.4 Å². The lowest BCUT2D eigenvalue weighted by atomic mass is 10.3. The summed E-state index contributed by atoms with van der Waals surface area (Å²) in [5, 5.41) is 3.44. The van der Waals surface area contributed by atoms with Gasteiger partial charge >= 0.3 is 0 Å². The van der Waals surface area contributed by atoms with Crippen molar-refractivity contribution in [1.82, 2.24) is 5.32 Å². The molecular formula is C14H29NO5. The minimum Gasteiger partial charge on any atom is -0.382 e. The van der Waals surface area contributed by atoms with E-state index in [1.165, 1.54) is 12.8 Å². The molecule has 0 heterocycles. The van der Waals surface area contributed by atoms with Crippen molar-refractivity contribution < 1.29 is 23.7 Å². The molecule has 0 saturated heterocycles. The molecule has 0 amide bonds. The SMILES string of the molecule is COCCOCCOCCOC(CNC1CC1)COC. The van der Waals surface area contributed by atoms with Gasteiger partial charge in [-0.15, -0.1) is 0 Å². The van der Waals surface area contributed by atoms with E-state index in [0.29, 0.717) is 52.3 Å². The van der Waals surface area contributed by atoms with Crippen LogP contribution in [-0.2, 0) is 23.7 Å². The number of rotatable bonds is 15. The van der Waals surface area contributed by atoms with Crippen LogP contribution in [0.15, 0.2) is 0 Å². The predicted octanol–water partition coefficient (Wildman–Crippen LogP) is 0.450. The third-order valence-electron chi connectivity index (χ3n) is 2.95. The molecule has 1 rings (SSSR count). The van der Waals surface area contributed by atoms with Crippen LogP contribution in [0.5, 0.6) is 0 Å². The third kappa shape index (κ3) is 10.5. The maximum Gasteiger partial charge on any atom is 0.0933 e. The van der Waals surface area contributed by atoms with E-state index in [1.807, 2.05) is 0 Å². The Kier molecular flexibility index (Phi) is 11.1. The van der Waals surface area contributed by atoms with E-state index in [2.05, 4.69) is 5.32 Å². The summed E-state index contributed by atoms with van der Waals surface area (Å²) in [6, 6.07) is 0.693. The quantitative estimate of drug-likeness (QED) is 0.442. The van der Waals surface area contributed by atoms with Crippen molar-refractivity contribution in [3.63, 3.8) is 0 Å². The summed E-state index contributed by atoms with van der Waals surface area (Å²) in [4.78, 5) is 0. The monoisotopic (exact) mass is 291 g/mol. The molecule has 20 heavy (non-hydrogen) atoms. The Balaban J connectivity index is 1.86. The van der Waals surface area contributed by atoms with E-state index in [4.69, 9.17) is 23.7 Å². The van der Waals surface area contributed by atoms with Crippen LogP contribution in [0.1, 0.15) is 12.8 Å². The lowest BCUT2D eigenvalue weighted by Crippen LogP contribution is -2.34. The van der Waals surface area contributed by atoms with Crippen molar-refractivity contribution in [2.45, 2.75) is 25.0 Å². The lowest BCUT2D eigenvalue weighted by molar-refractivity contribution is -0.0370. The van der Waals surface area contributed by atoms with Crippen LogP contribution in [0.4, 0.5) is 0 Å². The zero-order valence-corrected chi connectivity index (χ0v) is 12.8. The number of hydrogen-bond donors (Lipinski definition) is 1. The largest absolute Gasteiger partial charge is 0.382 e. The lowest BCUT2D eigenvalue weighted by Gasteiger charge is -2.17. The molecule has 1 fully saturated rings. The Morgan fingerprint density at radius 2 is 1.55 bits per heavy atom. The van der Waals surface area contributed by atoms with Crippen LogP contribution in [0, 0.1) is 0 Å². The molecule has 0 aromatic rings. The van der Waals surface area contributed by atoms with E-state index in [0.717, 1.165) is 6.54 Å². The van der Waals surface area contributed by atoms with Gasteiger partial charge < -0.3 is 29.0 Å². The van der Waals surface area contributed by atoms with Crippen LogP contribution in [-0.4, -0.2) is 79.2 Å². The highest BCUT2D eigenvalue weighted by atomic mass is 16.6. The topological polar surface area (TPSA) is 58.2 Å². The minimum atomic E-state index is 0.0992. The van der Waals surface area contributed by atoms with Gasteiger partial charge in [-0.1, -0.05) is 0 Å². The molecule has 0 aliphatic heterocycles. The molecule has 0 aromatic carbocycles. The molecular weight excluding hydrogens is 262 g/mol.